The summed E-state index contributed by atoms with van der Waals surface area (Å²) in [6, 6.07) is -0.460. The number of halogens is 1. The third kappa shape index (κ3) is 24.2. The third-order valence-electron chi connectivity index (χ3n) is 8.00. The van der Waals surface area contributed by atoms with E-state index in [0.717, 1.165) is 33.6 Å². The minimum atomic E-state index is -1.01. The molecule has 1 aliphatic carbocycles. The lowest BCUT2D eigenvalue weighted by molar-refractivity contribution is -0.196. The van der Waals surface area contributed by atoms with E-state index in [1.165, 1.54) is 0 Å². The molecular formula is C32H71FN6O13. The summed E-state index contributed by atoms with van der Waals surface area (Å²) in [7, 11) is 2.00. The minimum absolute atomic E-state index is 0.000771. The molecule has 314 valence electrons. The molecule has 0 spiro atoms. The first-order valence-corrected chi connectivity index (χ1v) is 17.8. The highest BCUT2D eigenvalue weighted by molar-refractivity contribution is 5.77. The fourth-order valence-corrected chi connectivity index (χ4v) is 5.46. The molecule has 0 radical (unpaired) electrons. The number of rotatable bonds is 11. The first-order chi connectivity index (χ1) is 24.9. The van der Waals surface area contributed by atoms with E-state index in [2.05, 4.69) is 10.6 Å². The number of carbonyl (C=O) groups excluding carboxylic acids is 1. The van der Waals surface area contributed by atoms with Crippen LogP contribution >= 0.6 is 0 Å². The molecule has 1 amide bonds. The number of hydrogen-bond acceptors (Lipinski definition) is 18. The van der Waals surface area contributed by atoms with Gasteiger partial charge in [0.2, 0.25) is 0 Å². The second-order valence-corrected chi connectivity index (χ2v) is 12.4. The van der Waals surface area contributed by atoms with Crippen LogP contribution in [-0.2, 0) is 23.7 Å². The SMILES string of the molecule is CCN.CO.CO.NC1CC(NC(=O)CF)CC(OC2CCC(CO)O2)C1.NC[C@H]1CC(O)[C@@H](N)CO1.OCC(O)CNCC1O[C@H](O)CC[C@@H]1O. The molecule has 1 saturated carbocycles. The van der Waals surface area contributed by atoms with Gasteiger partial charge in [0, 0.05) is 65.2 Å². The molecule has 3 heterocycles. The van der Waals surface area contributed by atoms with Crippen LogP contribution in [0, 0.1) is 0 Å². The van der Waals surface area contributed by atoms with E-state index in [1.807, 2.05) is 6.92 Å². The summed E-state index contributed by atoms with van der Waals surface area (Å²) >= 11 is 0. The molecule has 0 aromatic carbocycles. The number of aliphatic hydroxyl groups is 8. The maximum atomic E-state index is 12.2. The molecule has 20 heteroatoms. The topological polar surface area (TPSA) is 344 Å². The fraction of sp³-hybridized carbons (Fsp3) is 0.969. The Morgan fingerprint density at radius 1 is 0.923 bits per heavy atom. The van der Waals surface area contributed by atoms with Crippen molar-refractivity contribution in [1.29, 1.82) is 0 Å². The highest BCUT2D eigenvalue weighted by Gasteiger charge is 2.33. The van der Waals surface area contributed by atoms with Gasteiger partial charge in [0.05, 0.1) is 68.6 Å². The van der Waals surface area contributed by atoms with Crippen molar-refractivity contribution in [2.24, 2.45) is 22.9 Å². The van der Waals surface area contributed by atoms with Gasteiger partial charge in [-0.15, -0.1) is 0 Å². The van der Waals surface area contributed by atoms with Crippen molar-refractivity contribution < 1.29 is 69.0 Å². The van der Waals surface area contributed by atoms with Gasteiger partial charge in [-0.25, -0.2) is 4.39 Å². The van der Waals surface area contributed by atoms with Gasteiger partial charge in [-0.05, 0) is 38.6 Å². The van der Waals surface area contributed by atoms with Crippen LogP contribution in [0.1, 0.15) is 58.3 Å². The zero-order valence-corrected chi connectivity index (χ0v) is 31.0. The Morgan fingerprint density at radius 3 is 2.12 bits per heavy atom. The number of carbonyl (C=O) groups is 1. The Morgan fingerprint density at radius 2 is 1.58 bits per heavy atom. The maximum Gasteiger partial charge on any atom is 0.251 e. The van der Waals surface area contributed by atoms with Gasteiger partial charge in [0.25, 0.3) is 5.91 Å². The van der Waals surface area contributed by atoms with Crippen molar-refractivity contribution in [2.45, 2.75) is 132 Å². The zero-order valence-electron chi connectivity index (χ0n) is 31.0. The van der Waals surface area contributed by atoms with Gasteiger partial charge < -0.3 is 93.4 Å². The minimum Gasteiger partial charge on any atom is -0.400 e. The largest absolute Gasteiger partial charge is 0.400 e. The zero-order chi connectivity index (χ0) is 40.1. The molecule has 0 aromatic heterocycles. The van der Waals surface area contributed by atoms with Gasteiger partial charge in [-0.3, -0.25) is 4.79 Å². The summed E-state index contributed by atoms with van der Waals surface area (Å²) in [5.41, 5.74) is 21.6. The van der Waals surface area contributed by atoms with E-state index in [1.54, 1.807) is 0 Å². The number of alkyl halides is 1. The van der Waals surface area contributed by atoms with Crippen LogP contribution in [0.5, 0.6) is 0 Å². The summed E-state index contributed by atoms with van der Waals surface area (Å²) < 4.78 is 33.9. The number of amides is 1. The molecular weight excluding hydrogens is 695 g/mol. The second kappa shape index (κ2) is 33.1. The van der Waals surface area contributed by atoms with Crippen LogP contribution in [0.4, 0.5) is 4.39 Å². The summed E-state index contributed by atoms with van der Waals surface area (Å²) in [5.74, 6) is -0.611. The van der Waals surface area contributed by atoms with Gasteiger partial charge in [0.15, 0.2) is 19.3 Å². The van der Waals surface area contributed by atoms with Gasteiger partial charge in [-0.2, -0.15) is 0 Å². The van der Waals surface area contributed by atoms with Crippen molar-refractivity contribution in [3.05, 3.63) is 0 Å². The van der Waals surface area contributed by atoms with Crippen molar-refractivity contribution >= 4 is 5.91 Å². The molecule has 4 fully saturated rings. The number of nitrogens with two attached hydrogens (primary N) is 4. The van der Waals surface area contributed by atoms with Crippen LogP contribution < -0.4 is 33.6 Å². The standard InChI is InChI=1S/C13H23FN2O4.C9H19NO5.C6H14N2O2.C2H7N.2CH4O/c14-6-12(18)16-9-3-8(15)4-11(5-9)20-13-2-1-10(7-17)19-13;11-5-6(12)3-10-4-8-7(13)1-2-9(14)15-8;7-2-4-1-6(9)5(8)3-10-4;1-2-3;2*1-2/h8-11,13,17H,1-7,15H2,(H,16,18);6-14H,1-5H2;4-6,9H,1-3,7-8H2;2-3H2,1H3;2*2H,1H3/t;6?,7-,8?,9-;4-,5+,6?;;;/m.01.../s1. The van der Waals surface area contributed by atoms with E-state index < -0.39 is 43.3 Å². The van der Waals surface area contributed by atoms with Crippen LogP contribution in [0.3, 0.4) is 0 Å². The Bertz CT molecular complexity index is 837. The normalized spacial score (nSPS) is 33.0. The van der Waals surface area contributed by atoms with Crippen molar-refractivity contribution in [3.8, 4) is 0 Å². The predicted octanol–water partition coefficient (Wildman–Crippen LogP) is -4.77. The number of hydrogen-bond donors (Lipinski definition) is 14. The number of aliphatic hydroxyl groups excluding tert-OH is 8. The van der Waals surface area contributed by atoms with Gasteiger partial charge in [0.1, 0.15) is 0 Å². The molecule has 0 aromatic rings. The van der Waals surface area contributed by atoms with Gasteiger partial charge >= 0.3 is 0 Å². The van der Waals surface area contributed by atoms with E-state index in [4.69, 9.17) is 67.4 Å². The number of ether oxygens (including phenoxy) is 4. The Labute approximate surface area is 307 Å². The van der Waals surface area contributed by atoms with Crippen LogP contribution in [-0.4, -0.2) is 187 Å². The smallest absolute Gasteiger partial charge is 0.251 e. The van der Waals surface area contributed by atoms with E-state index in [-0.39, 0.29) is 62.5 Å². The van der Waals surface area contributed by atoms with Gasteiger partial charge in [-0.1, -0.05) is 6.92 Å². The van der Waals surface area contributed by atoms with Crippen molar-refractivity contribution in [3.63, 3.8) is 0 Å². The van der Waals surface area contributed by atoms with Crippen LogP contribution in [0.2, 0.25) is 0 Å². The summed E-state index contributed by atoms with van der Waals surface area (Å²) in [6.45, 7) is 2.80. The maximum absolute atomic E-state index is 12.2. The summed E-state index contributed by atoms with van der Waals surface area (Å²) in [6.07, 6.45) is 1.30. The van der Waals surface area contributed by atoms with Crippen LogP contribution in [0.15, 0.2) is 0 Å². The summed E-state index contributed by atoms with van der Waals surface area (Å²) in [4.78, 5) is 11.1. The van der Waals surface area contributed by atoms with E-state index in [9.17, 15) is 24.5 Å². The number of nitrogens with one attached hydrogen (secondary N) is 2. The molecule has 19 nitrogen and oxygen atoms in total. The molecule has 3 aliphatic heterocycles. The lowest BCUT2D eigenvalue weighted by atomic mass is 9.89. The molecule has 18 N–H and O–H groups in total. The molecule has 4 rings (SSSR count). The van der Waals surface area contributed by atoms with E-state index >= 15 is 0 Å². The summed E-state index contributed by atoms with van der Waals surface area (Å²) in [5, 5.41) is 74.0. The fourth-order valence-electron chi connectivity index (χ4n) is 5.46. The molecule has 12 atom stereocenters. The molecule has 8 unspecified atom stereocenters. The Balaban J connectivity index is 0. The lowest BCUT2D eigenvalue weighted by Crippen LogP contribution is -2.48. The molecule has 3 saturated heterocycles. The Kier molecular flexibility index (Phi) is 33.6. The second-order valence-electron chi connectivity index (χ2n) is 12.4. The molecule has 52 heavy (non-hydrogen) atoms. The van der Waals surface area contributed by atoms with Crippen molar-refractivity contribution in [2.75, 3.05) is 66.9 Å². The third-order valence-corrected chi connectivity index (χ3v) is 8.00. The molecule has 0 bridgehead atoms. The molecule has 4 aliphatic rings. The lowest BCUT2D eigenvalue weighted by Gasteiger charge is -2.34. The Hall–Kier alpha value is -1.28. The van der Waals surface area contributed by atoms with Crippen molar-refractivity contribution in [1.82, 2.24) is 10.6 Å². The first-order valence-electron chi connectivity index (χ1n) is 17.8. The monoisotopic (exact) mass is 767 g/mol. The quantitative estimate of drug-likeness (QED) is 0.0938. The average molecular weight is 767 g/mol. The van der Waals surface area contributed by atoms with Crippen LogP contribution in [0.25, 0.3) is 0 Å². The van der Waals surface area contributed by atoms with E-state index in [0.29, 0.717) is 58.2 Å². The predicted molar refractivity (Wildman–Crippen MR) is 190 cm³/mol. The first kappa shape index (κ1) is 52.8. The average Bonchev–Trinajstić information content (AvgIpc) is 3.60. The highest BCUT2D eigenvalue weighted by atomic mass is 19.1. The highest BCUT2D eigenvalue weighted by Crippen LogP contribution is 2.27.